The van der Waals surface area contributed by atoms with E-state index in [9.17, 15) is 9.00 Å². The highest BCUT2D eigenvalue weighted by Crippen LogP contribution is 2.19. The number of nitrogens with two attached hydrogens (primary N) is 2. The van der Waals surface area contributed by atoms with Gasteiger partial charge in [-0.3, -0.25) is 9.00 Å². The minimum Gasteiger partial charge on any atom is -0.398 e. The molecule has 1 amide bonds. The lowest BCUT2D eigenvalue weighted by atomic mass is 10.2. The zero-order chi connectivity index (χ0) is 12.3. The Morgan fingerprint density at radius 2 is 2.12 bits per heavy atom. The number of hydrogen-bond acceptors (Lipinski definition) is 3. The molecule has 0 radical (unpaired) electrons. The quantitative estimate of drug-likeness (QED) is 0.763. The lowest BCUT2D eigenvalue weighted by Crippen LogP contribution is -2.25. The molecule has 16 heavy (non-hydrogen) atoms. The van der Waals surface area contributed by atoms with Gasteiger partial charge in [0.1, 0.15) is 0 Å². The molecule has 0 saturated carbocycles. The van der Waals surface area contributed by atoms with Crippen LogP contribution in [0.4, 0.5) is 5.69 Å². The van der Waals surface area contributed by atoms with Crippen LogP contribution in [-0.2, 0) is 15.6 Å². The first-order valence-corrected chi connectivity index (χ1v) is 6.27. The molecule has 0 fully saturated rings. The smallest absolute Gasteiger partial charge is 0.221 e. The summed E-state index contributed by atoms with van der Waals surface area (Å²) in [5.41, 5.74) is 12.4. The van der Waals surface area contributed by atoms with Crippen molar-refractivity contribution in [1.29, 1.82) is 0 Å². The number of amides is 1. The van der Waals surface area contributed by atoms with Crippen molar-refractivity contribution in [3.05, 3.63) is 23.8 Å². The molecule has 0 aliphatic heterocycles. The van der Waals surface area contributed by atoms with Gasteiger partial charge < -0.3 is 11.5 Å². The van der Waals surface area contributed by atoms with Crippen molar-refractivity contribution in [2.75, 3.05) is 11.5 Å². The van der Waals surface area contributed by atoms with Crippen molar-refractivity contribution in [3.63, 3.8) is 0 Å². The first kappa shape index (κ1) is 12.7. The van der Waals surface area contributed by atoms with E-state index >= 15 is 0 Å². The summed E-state index contributed by atoms with van der Waals surface area (Å²) in [5, 5.41) is 0. The molecule has 1 aromatic rings. The second kappa shape index (κ2) is 5.12. The summed E-state index contributed by atoms with van der Waals surface area (Å²) in [7, 11) is -1.28. The maximum absolute atomic E-state index is 11.9. The Kier molecular flexibility index (Phi) is 4.06. The van der Waals surface area contributed by atoms with E-state index < -0.39 is 22.6 Å². The number of aryl methyl sites for hydroxylation is 1. The van der Waals surface area contributed by atoms with Gasteiger partial charge in [-0.05, 0) is 24.6 Å². The number of primary amides is 1. The Labute approximate surface area is 97.5 Å². The molecule has 0 aliphatic carbocycles. The molecule has 2 unspecified atom stereocenters. The van der Waals surface area contributed by atoms with Crippen LogP contribution < -0.4 is 11.5 Å². The second-order valence-corrected chi connectivity index (χ2v) is 5.32. The fourth-order valence-corrected chi connectivity index (χ4v) is 2.61. The van der Waals surface area contributed by atoms with Crippen molar-refractivity contribution in [1.82, 2.24) is 0 Å². The van der Waals surface area contributed by atoms with Crippen LogP contribution >= 0.6 is 0 Å². The Hall–Kier alpha value is -1.36. The molecule has 0 heterocycles. The van der Waals surface area contributed by atoms with Crippen LogP contribution in [0, 0.1) is 12.8 Å². The number of anilines is 1. The summed E-state index contributed by atoms with van der Waals surface area (Å²) in [4.78, 5) is 11.4. The van der Waals surface area contributed by atoms with Crippen LogP contribution in [0.5, 0.6) is 0 Å². The normalized spacial score (nSPS) is 14.4. The monoisotopic (exact) mass is 240 g/mol. The average Bonchev–Trinajstić information content (AvgIpc) is 2.16. The third-order valence-electron chi connectivity index (χ3n) is 2.30. The van der Waals surface area contributed by atoms with E-state index in [1.807, 2.05) is 13.0 Å². The number of rotatable bonds is 4. The third-order valence-corrected chi connectivity index (χ3v) is 3.96. The summed E-state index contributed by atoms with van der Waals surface area (Å²) in [6.07, 6.45) is 0. The summed E-state index contributed by atoms with van der Waals surface area (Å²) in [6, 6.07) is 5.34. The van der Waals surface area contributed by atoms with Crippen molar-refractivity contribution in [2.45, 2.75) is 18.7 Å². The molecule has 1 rings (SSSR count). The Balaban J connectivity index is 2.85. The molecule has 5 heteroatoms. The van der Waals surface area contributed by atoms with Gasteiger partial charge in [-0.2, -0.15) is 0 Å². The van der Waals surface area contributed by atoms with E-state index in [1.165, 1.54) is 0 Å². The SMILES string of the molecule is Cc1ccc(S(=O)CC(C)C(N)=O)c(N)c1. The number of carbonyl (C=O) groups is 1. The van der Waals surface area contributed by atoms with E-state index in [0.717, 1.165) is 5.56 Å². The highest BCUT2D eigenvalue weighted by molar-refractivity contribution is 7.85. The van der Waals surface area contributed by atoms with E-state index in [0.29, 0.717) is 10.6 Å². The van der Waals surface area contributed by atoms with Crippen LogP contribution in [0.25, 0.3) is 0 Å². The zero-order valence-electron chi connectivity index (χ0n) is 9.40. The minimum atomic E-state index is -1.28. The maximum Gasteiger partial charge on any atom is 0.221 e. The van der Waals surface area contributed by atoms with Gasteiger partial charge in [0.05, 0.1) is 15.7 Å². The summed E-state index contributed by atoms with van der Waals surface area (Å²) in [5.74, 6) is -0.650. The fourth-order valence-electron chi connectivity index (χ4n) is 1.27. The van der Waals surface area contributed by atoms with Gasteiger partial charge in [0, 0.05) is 17.4 Å². The minimum absolute atomic E-state index is 0.211. The second-order valence-electron chi connectivity index (χ2n) is 3.86. The topological polar surface area (TPSA) is 86.2 Å². The number of hydrogen-bond donors (Lipinski definition) is 2. The highest BCUT2D eigenvalue weighted by Gasteiger charge is 2.15. The third kappa shape index (κ3) is 3.06. The molecule has 0 bridgehead atoms. The molecule has 2 atom stereocenters. The van der Waals surface area contributed by atoms with Gasteiger partial charge in [0.25, 0.3) is 0 Å². The van der Waals surface area contributed by atoms with Crippen LogP contribution in [0.1, 0.15) is 12.5 Å². The lowest BCUT2D eigenvalue weighted by molar-refractivity contribution is -0.120. The molecule has 0 saturated heterocycles. The van der Waals surface area contributed by atoms with Gasteiger partial charge in [-0.15, -0.1) is 0 Å². The number of carbonyl (C=O) groups excluding carboxylic acids is 1. The average molecular weight is 240 g/mol. The highest BCUT2D eigenvalue weighted by atomic mass is 32.2. The lowest BCUT2D eigenvalue weighted by Gasteiger charge is -2.09. The largest absolute Gasteiger partial charge is 0.398 e. The fraction of sp³-hybridized carbons (Fsp3) is 0.364. The molecule has 0 aliphatic rings. The Morgan fingerprint density at radius 3 is 2.62 bits per heavy atom. The van der Waals surface area contributed by atoms with E-state index in [1.54, 1.807) is 19.1 Å². The first-order chi connectivity index (χ1) is 7.41. The summed E-state index contributed by atoms with van der Waals surface area (Å²) < 4.78 is 11.9. The Morgan fingerprint density at radius 1 is 1.50 bits per heavy atom. The van der Waals surface area contributed by atoms with E-state index in [-0.39, 0.29) is 5.75 Å². The predicted molar refractivity (Wildman–Crippen MR) is 65.2 cm³/mol. The predicted octanol–water partition coefficient (Wildman–Crippen LogP) is 0.806. The summed E-state index contributed by atoms with van der Waals surface area (Å²) >= 11 is 0. The Bertz CT molecular complexity index is 432. The van der Waals surface area contributed by atoms with Crippen molar-refractivity contribution in [2.24, 2.45) is 11.7 Å². The van der Waals surface area contributed by atoms with E-state index in [2.05, 4.69) is 0 Å². The van der Waals surface area contributed by atoms with Crippen molar-refractivity contribution < 1.29 is 9.00 Å². The van der Waals surface area contributed by atoms with Gasteiger partial charge in [0.15, 0.2) is 0 Å². The van der Waals surface area contributed by atoms with E-state index in [4.69, 9.17) is 11.5 Å². The van der Waals surface area contributed by atoms with Gasteiger partial charge in [0.2, 0.25) is 5.91 Å². The zero-order valence-corrected chi connectivity index (χ0v) is 10.2. The van der Waals surface area contributed by atoms with Crippen LogP contribution in [0.3, 0.4) is 0 Å². The molecule has 4 nitrogen and oxygen atoms in total. The van der Waals surface area contributed by atoms with Crippen LogP contribution in [-0.4, -0.2) is 15.9 Å². The molecule has 1 aromatic carbocycles. The molecular weight excluding hydrogens is 224 g/mol. The van der Waals surface area contributed by atoms with Gasteiger partial charge >= 0.3 is 0 Å². The van der Waals surface area contributed by atoms with Crippen LogP contribution in [0.2, 0.25) is 0 Å². The number of nitrogen functional groups attached to an aromatic ring is 1. The standard InChI is InChI=1S/C11H16N2O2S/c1-7-3-4-10(9(12)5-7)16(15)6-8(2)11(13)14/h3-5,8H,6,12H2,1-2H3,(H2,13,14). The summed E-state index contributed by atoms with van der Waals surface area (Å²) in [6.45, 7) is 3.57. The van der Waals surface area contributed by atoms with Gasteiger partial charge in [-0.25, -0.2) is 0 Å². The molecule has 88 valence electrons. The molecule has 0 aromatic heterocycles. The van der Waals surface area contributed by atoms with Crippen LogP contribution in [0.15, 0.2) is 23.1 Å². The molecular formula is C11H16N2O2S. The molecule has 0 spiro atoms. The molecule has 4 N–H and O–H groups in total. The number of benzene rings is 1. The van der Waals surface area contributed by atoms with Gasteiger partial charge in [-0.1, -0.05) is 13.0 Å². The first-order valence-electron chi connectivity index (χ1n) is 4.95. The van der Waals surface area contributed by atoms with Crippen molar-refractivity contribution in [3.8, 4) is 0 Å². The van der Waals surface area contributed by atoms with Crippen molar-refractivity contribution >= 4 is 22.4 Å². The maximum atomic E-state index is 11.9.